The summed E-state index contributed by atoms with van der Waals surface area (Å²) in [6.45, 7) is 1.39. The van der Waals surface area contributed by atoms with E-state index in [9.17, 15) is 57.8 Å². The van der Waals surface area contributed by atoms with Crippen molar-refractivity contribution in [2.24, 2.45) is 105 Å². The zero-order chi connectivity index (χ0) is 75.3. The molecule has 0 aromatic carbocycles. The fraction of sp³-hybridized carbons (Fsp3) is 0.724. The van der Waals surface area contributed by atoms with Crippen LogP contribution in [0.4, 0.5) is 0 Å². The fourth-order valence-electron chi connectivity index (χ4n) is 10.1. The van der Waals surface area contributed by atoms with E-state index >= 15 is 0 Å². The second-order valence-corrected chi connectivity index (χ2v) is 24.7. The number of likely N-dealkylation sites (tertiary alicyclic amines) is 1. The van der Waals surface area contributed by atoms with Crippen molar-refractivity contribution in [1.29, 1.82) is 0 Å². The molecule has 0 unspecified atom stereocenters. The number of nitrogens with zero attached hydrogens (tertiary/aromatic N) is 6. The van der Waals surface area contributed by atoms with E-state index in [1.165, 1.54) is 23.6 Å². The quantitative estimate of drug-likeness (QED) is 0.0153. The van der Waals surface area contributed by atoms with Crippen LogP contribution in [0.25, 0.3) is 0 Å². The third kappa shape index (κ3) is 37.6. The Hall–Kier alpha value is -9.29. The van der Waals surface area contributed by atoms with Gasteiger partial charge in [-0.05, 0) is 154 Å². The van der Waals surface area contributed by atoms with Crippen LogP contribution in [0.2, 0.25) is 0 Å². The molecule has 0 saturated carbocycles. The number of hydrogen-bond donors (Lipinski definition) is 24. The van der Waals surface area contributed by atoms with E-state index in [-0.39, 0.29) is 178 Å². The van der Waals surface area contributed by atoms with Crippen molar-refractivity contribution in [1.82, 2.24) is 52.8 Å². The zero-order valence-corrected chi connectivity index (χ0v) is 58.3. The Labute approximate surface area is 586 Å². The molecule has 1 saturated heterocycles. The van der Waals surface area contributed by atoms with E-state index in [4.69, 9.17) is 80.3 Å². The molecule has 1 aliphatic heterocycles. The highest BCUT2D eigenvalue weighted by Crippen LogP contribution is 2.20. The normalized spacial score (nSPS) is 15.4. The van der Waals surface area contributed by atoms with Crippen molar-refractivity contribution in [3.05, 3.63) is 0 Å². The van der Waals surface area contributed by atoms with Gasteiger partial charge in [0.1, 0.15) is 60.4 Å². The maximum atomic E-state index is 14.8. The molecule has 1 aliphatic rings. The highest BCUT2D eigenvalue weighted by Gasteiger charge is 2.40. The minimum Gasteiger partial charge on any atom is -0.391 e. The van der Waals surface area contributed by atoms with Gasteiger partial charge in [-0.2, -0.15) is 11.8 Å². The van der Waals surface area contributed by atoms with Crippen LogP contribution in [-0.2, 0) is 52.7 Å². The van der Waals surface area contributed by atoms with Gasteiger partial charge in [0.25, 0.3) is 0 Å². The molecule has 0 aromatic rings. The van der Waals surface area contributed by atoms with Gasteiger partial charge in [-0.25, -0.2) is 0 Å². The Kier molecular flexibility index (Phi) is 44.4. The third-order valence-electron chi connectivity index (χ3n) is 15.4. The summed E-state index contributed by atoms with van der Waals surface area (Å²) in [5.74, 6) is -10.1. The van der Waals surface area contributed by atoms with Crippen molar-refractivity contribution in [3.8, 4) is 0 Å². The van der Waals surface area contributed by atoms with Gasteiger partial charge in [0.15, 0.2) is 29.8 Å². The van der Waals surface area contributed by atoms with Crippen LogP contribution in [0.3, 0.4) is 0 Å². The molecular formula is C58H113N29O12S. The molecule has 11 atom stereocenters. The maximum absolute atomic E-state index is 14.8. The average Bonchev–Trinajstić information content (AvgIpc) is 1.63. The number of carbonyl (C=O) groups excluding carboxylic acids is 11. The summed E-state index contributed by atoms with van der Waals surface area (Å²) < 4.78 is 0. The summed E-state index contributed by atoms with van der Waals surface area (Å²) in [6, 6.07) is -13.5. The number of nitrogens with two attached hydrogens (primary N) is 14. The molecule has 1 rings (SSSR count). The van der Waals surface area contributed by atoms with Crippen LogP contribution >= 0.6 is 11.8 Å². The SMILES string of the molecule is CSCC[C@H](NC(=O)[C@H](CCCN=C(N)N)NC(=O)[C@@H]1CCCN1C(=O)[C@@H](N)[C@@H](C)O)C(=O)N[C@@H](CCCN=C(N)N)C(=O)N[C@@H](CCCN=C(N)N)C(=O)N[C@@H](CCCN=C(N)N)C(=O)N[C@@H](CCCCN)C(=O)N[C@@H](CCCCN)C(=O)N[C@@H](CCCN=C(N)N)C(=O)NCC(N)=O. The second kappa shape index (κ2) is 50.1. The third-order valence-corrected chi connectivity index (χ3v) is 16.0. The lowest BCUT2D eigenvalue weighted by molar-refractivity contribution is -0.142. The van der Waals surface area contributed by atoms with Crippen LogP contribution in [0.1, 0.15) is 129 Å². The number of aliphatic hydroxyl groups is 1. The Balaban J connectivity index is 3.89. The predicted octanol–water partition coefficient (Wildman–Crippen LogP) is -10.6. The number of aliphatic imine (C=N–C) groups is 5. The van der Waals surface area contributed by atoms with Gasteiger partial charge in [0.05, 0.1) is 12.6 Å². The summed E-state index contributed by atoms with van der Waals surface area (Å²) in [5.41, 5.74) is 78.5. The molecule has 0 aromatic heterocycles. The van der Waals surface area contributed by atoms with E-state index in [0.717, 1.165) is 0 Å². The molecule has 1 heterocycles. The molecule has 42 heteroatoms. The first-order chi connectivity index (χ1) is 47.4. The molecule has 11 amide bonds. The van der Waals surface area contributed by atoms with Crippen LogP contribution in [0, 0.1) is 0 Å². The lowest BCUT2D eigenvalue weighted by Crippen LogP contribution is -2.60. The summed E-state index contributed by atoms with van der Waals surface area (Å²) in [4.78, 5) is 175. The van der Waals surface area contributed by atoms with Crippen molar-refractivity contribution >= 4 is 107 Å². The zero-order valence-electron chi connectivity index (χ0n) is 57.5. The van der Waals surface area contributed by atoms with Crippen LogP contribution in [-0.4, -0.2) is 242 Å². The summed E-state index contributed by atoms with van der Waals surface area (Å²) in [5, 5.41) is 33.9. The second-order valence-electron chi connectivity index (χ2n) is 23.7. The molecule has 0 bridgehead atoms. The fourth-order valence-corrected chi connectivity index (χ4v) is 10.5. The van der Waals surface area contributed by atoms with Crippen molar-refractivity contribution in [3.63, 3.8) is 0 Å². The number of amides is 11. The number of unbranched alkanes of at least 4 members (excludes halogenated alkanes) is 2. The van der Waals surface area contributed by atoms with Gasteiger partial charge in [0.2, 0.25) is 65.0 Å². The van der Waals surface area contributed by atoms with Gasteiger partial charge >= 0.3 is 0 Å². The molecule has 38 N–H and O–H groups in total. The Morgan fingerprint density at radius 3 is 0.980 bits per heavy atom. The smallest absolute Gasteiger partial charge is 0.243 e. The van der Waals surface area contributed by atoms with E-state index in [2.05, 4.69) is 72.8 Å². The molecular weight excluding hydrogens is 1330 g/mol. The standard InChI is InChI=1S/C58H113N29O12S/c1-32(88)43(62)53(99)87-29-12-20-41(87)52(98)86-39(19-11-28-77-58(71)72)50(96)85-40(21-30-100-2)51(97)84-38(18-10-27-76-57(69)70)49(95)83-37(17-9-26-75-56(67)68)48(94)82-36(16-8-25-74-55(65)66)47(93)81-35(14-4-6-23-60)46(92)80-34(13-3-5-22-59)45(91)79-33(15-7-24-73-54(63)64)44(90)78-31-42(61)89/h32-41,43,88H,3-31,59-60,62H2,1-2H3,(H2,61,89)(H,78,90)(H,79,91)(H,80,92)(H,81,93)(H,82,94)(H,83,95)(H,84,97)(H,85,96)(H,86,98)(H4,63,64,73)(H4,65,66,74)(H4,67,68,75)(H4,69,70,76)(H4,71,72,77)/t32-,33+,34+,35+,36+,37+,38+,39+,40+,41+,43+/m1/s1. The lowest BCUT2D eigenvalue weighted by Gasteiger charge is -2.30. The van der Waals surface area contributed by atoms with E-state index in [0.29, 0.717) is 31.4 Å². The number of nitrogens with one attached hydrogen (secondary N) is 9. The molecule has 0 aliphatic carbocycles. The molecule has 568 valence electrons. The van der Waals surface area contributed by atoms with Crippen LogP contribution < -0.4 is 128 Å². The highest BCUT2D eigenvalue weighted by molar-refractivity contribution is 7.98. The van der Waals surface area contributed by atoms with Crippen molar-refractivity contribution < 1.29 is 57.8 Å². The number of rotatable bonds is 52. The van der Waals surface area contributed by atoms with E-state index in [1.54, 1.807) is 6.26 Å². The summed E-state index contributed by atoms with van der Waals surface area (Å²) >= 11 is 1.33. The van der Waals surface area contributed by atoms with Gasteiger partial charge < -0.3 is 138 Å². The predicted molar refractivity (Wildman–Crippen MR) is 380 cm³/mol. The first kappa shape index (κ1) is 88.7. The lowest BCUT2D eigenvalue weighted by atomic mass is 10.0. The summed E-state index contributed by atoms with van der Waals surface area (Å²) in [7, 11) is 0. The highest BCUT2D eigenvalue weighted by atomic mass is 32.2. The number of hydrogen-bond acceptors (Lipinski definition) is 21. The number of guanidine groups is 5. The molecule has 41 nitrogen and oxygen atoms in total. The molecule has 100 heavy (non-hydrogen) atoms. The van der Waals surface area contributed by atoms with Crippen LogP contribution in [0.5, 0.6) is 0 Å². The Morgan fingerprint density at radius 2 is 0.710 bits per heavy atom. The first-order valence-electron chi connectivity index (χ1n) is 33.3. The number of aliphatic hydroxyl groups excluding tert-OH is 1. The first-order valence-corrected chi connectivity index (χ1v) is 34.7. The maximum Gasteiger partial charge on any atom is 0.243 e. The van der Waals surface area contributed by atoms with Crippen molar-refractivity contribution in [2.75, 3.05) is 70.9 Å². The van der Waals surface area contributed by atoms with Crippen molar-refractivity contribution in [2.45, 2.75) is 195 Å². The van der Waals surface area contributed by atoms with E-state index < -0.39 is 138 Å². The van der Waals surface area contributed by atoms with Crippen LogP contribution in [0.15, 0.2) is 25.0 Å². The number of carbonyl (C=O) groups is 11. The largest absolute Gasteiger partial charge is 0.391 e. The summed E-state index contributed by atoms with van der Waals surface area (Å²) in [6.07, 6.45) is 2.50. The monoisotopic (exact) mass is 1440 g/mol. The van der Waals surface area contributed by atoms with Gasteiger partial charge in [-0.1, -0.05) is 0 Å². The van der Waals surface area contributed by atoms with Gasteiger partial charge in [-0.15, -0.1) is 0 Å². The topological polar surface area (TPSA) is 746 Å². The van der Waals surface area contributed by atoms with Gasteiger partial charge in [-0.3, -0.25) is 77.7 Å². The minimum atomic E-state index is -1.51. The number of primary amides is 1. The molecule has 1 fully saturated rings. The van der Waals surface area contributed by atoms with Gasteiger partial charge in [0, 0.05) is 39.3 Å². The molecule has 0 spiro atoms. The minimum absolute atomic E-state index is 0.00839. The Morgan fingerprint density at radius 1 is 0.430 bits per heavy atom. The number of thioether (sulfide) groups is 1. The molecule has 0 radical (unpaired) electrons. The average molecular weight is 1440 g/mol. The Bertz CT molecular complexity index is 2760. The van der Waals surface area contributed by atoms with E-state index in [1.807, 2.05) is 0 Å².